The van der Waals surface area contributed by atoms with E-state index in [9.17, 15) is 0 Å². The van der Waals surface area contributed by atoms with Gasteiger partial charge in [-0.05, 0) is 18.2 Å². The number of ether oxygens (including phenoxy) is 2. The van der Waals surface area contributed by atoms with Crippen molar-refractivity contribution >= 4 is 28.2 Å². The number of rotatable bonds is 9. The summed E-state index contributed by atoms with van der Waals surface area (Å²) in [5.74, 6) is 2.30. The lowest BCUT2D eigenvalue weighted by Crippen LogP contribution is -2.06. The van der Waals surface area contributed by atoms with Crippen LogP contribution in [0.15, 0.2) is 53.1 Å². The average Bonchev–Trinajstić information content (AvgIpc) is 3.10. The van der Waals surface area contributed by atoms with E-state index in [0.29, 0.717) is 6.61 Å². The minimum atomic E-state index is 0.640. The number of aromatic nitrogens is 3. The molecule has 3 rings (SSSR count). The third-order valence-corrected chi connectivity index (χ3v) is 5.24. The molecule has 130 valence electrons. The molecule has 0 fully saturated rings. The Morgan fingerprint density at radius 1 is 1.16 bits per heavy atom. The molecular weight excluding hydrogens is 356 g/mol. The maximum atomic E-state index is 5.93. The largest absolute Gasteiger partial charge is 0.455 e. The second kappa shape index (κ2) is 9.36. The first-order valence-corrected chi connectivity index (χ1v) is 9.50. The van der Waals surface area contributed by atoms with Crippen LogP contribution >= 0.6 is 23.1 Å². The lowest BCUT2D eigenvalue weighted by molar-refractivity contribution is 0.211. The number of nitrogens with one attached hydrogen (secondary N) is 1. The van der Waals surface area contributed by atoms with Gasteiger partial charge >= 0.3 is 0 Å². The minimum absolute atomic E-state index is 0.640. The number of pyridine rings is 1. The first kappa shape index (κ1) is 17.7. The first-order valence-electron chi connectivity index (χ1n) is 7.70. The molecule has 0 bridgehead atoms. The van der Waals surface area contributed by atoms with Crippen LogP contribution in [0.25, 0.3) is 0 Å². The van der Waals surface area contributed by atoms with Crippen molar-refractivity contribution in [3.8, 4) is 11.5 Å². The second-order valence-electron chi connectivity index (χ2n) is 4.98. The van der Waals surface area contributed by atoms with Gasteiger partial charge in [0.05, 0.1) is 12.8 Å². The van der Waals surface area contributed by atoms with Gasteiger partial charge in [0.25, 0.3) is 0 Å². The molecule has 25 heavy (non-hydrogen) atoms. The van der Waals surface area contributed by atoms with Crippen LogP contribution in [0, 0.1) is 0 Å². The van der Waals surface area contributed by atoms with Crippen LogP contribution in [0.4, 0.5) is 5.13 Å². The summed E-state index contributed by atoms with van der Waals surface area (Å²) in [6, 6.07) is 11.7. The molecule has 0 atom stereocenters. The van der Waals surface area contributed by atoms with Crippen LogP contribution in [0.3, 0.4) is 0 Å². The molecule has 0 amide bonds. The molecular formula is C17H18N4O2S2. The topological polar surface area (TPSA) is 69.2 Å². The van der Waals surface area contributed by atoms with Gasteiger partial charge < -0.3 is 14.8 Å². The second-order valence-corrected chi connectivity index (χ2v) is 7.18. The lowest BCUT2D eigenvalue weighted by Gasteiger charge is -2.09. The third kappa shape index (κ3) is 5.42. The Bertz CT molecular complexity index is 783. The zero-order valence-corrected chi connectivity index (χ0v) is 15.3. The van der Waals surface area contributed by atoms with Crippen molar-refractivity contribution in [2.45, 2.75) is 10.1 Å². The third-order valence-electron chi connectivity index (χ3n) is 3.17. The minimum Gasteiger partial charge on any atom is -0.455 e. The highest BCUT2D eigenvalue weighted by atomic mass is 32.2. The van der Waals surface area contributed by atoms with E-state index in [1.807, 2.05) is 30.3 Å². The molecule has 1 aromatic carbocycles. The zero-order chi connectivity index (χ0) is 17.3. The Morgan fingerprint density at radius 3 is 2.92 bits per heavy atom. The van der Waals surface area contributed by atoms with Crippen molar-refractivity contribution in [1.29, 1.82) is 0 Å². The highest BCUT2D eigenvalue weighted by Gasteiger charge is 2.09. The Balaban J connectivity index is 1.60. The standard InChI is InChI=1S/C17H18N4O2S2/c1-22-10-9-19-16-20-21-17(25-16)24-12-13-5-2-3-7-15(13)23-14-6-4-8-18-11-14/h2-8,11H,9-10,12H2,1H3,(H,19,20). The van der Waals surface area contributed by atoms with E-state index in [-0.39, 0.29) is 0 Å². The van der Waals surface area contributed by atoms with E-state index < -0.39 is 0 Å². The molecule has 0 spiro atoms. The van der Waals surface area contributed by atoms with E-state index in [0.717, 1.165) is 38.8 Å². The van der Waals surface area contributed by atoms with Crippen molar-refractivity contribution in [2.75, 3.05) is 25.6 Å². The normalized spacial score (nSPS) is 10.6. The van der Waals surface area contributed by atoms with Crippen LogP contribution in [0.1, 0.15) is 5.56 Å². The maximum Gasteiger partial charge on any atom is 0.206 e. The first-order chi connectivity index (χ1) is 12.3. The fourth-order valence-electron chi connectivity index (χ4n) is 2.00. The highest BCUT2D eigenvalue weighted by Crippen LogP contribution is 2.32. The number of hydrogen-bond acceptors (Lipinski definition) is 8. The van der Waals surface area contributed by atoms with Gasteiger partial charge in [-0.25, -0.2) is 0 Å². The molecule has 0 aliphatic rings. The van der Waals surface area contributed by atoms with Crippen molar-refractivity contribution in [3.05, 3.63) is 54.4 Å². The van der Waals surface area contributed by atoms with E-state index in [2.05, 4.69) is 26.6 Å². The summed E-state index contributed by atoms with van der Waals surface area (Å²) in [5.41, 5.74) is 1.10. The number of thioether (sulfide) groups is 1. The number of hydrogen-bond donors (Lipinski definition) is 1. The molecule has 3 aromatic rings. The van der Waals surface area contributed by atoms with Gasteiger partial charge in [-0.3, -0.25) is 4.98 Å². The fraction of sp³-hybridized carbons (Fsp3) is 0.235. The number of nitrogens with zero attached hydrogens (tertiary/aromatic N) is 3. The summed E-state index contributed by atoms with van der Waals surface area (Å²) in [7, 11) is 1.67. The van der Waals surface area contributed by atoms with Crippen LogP contribution in [-0.2, 0) is 10.5 Å². The van der Waals surface area contributed by atoms with Gasteiger partial charge in [0, 0.05) is 31.2 Å². The average molecular weight is 374 g/mol. The summed E-state index contributed by atoms with van der Waals surface area (Å²) in [6.07, 6.45) is 3.43. The molecule has 0 saturated carbocycles. The smallest absolute Gasteiger partial charge is 0.206 e. The maximum absolute atomic E-state index is 5.93. The van der Waals surface area contributed by atoms with Gasteiger partial charge in [-0.1, -0.05) is 41.3 Å². The van der Waals surface area contributed by atoms with Crippen molar-refractivity contribution in [1.82, 2.24) is 15.2 Å². The Hall–Kier alpha value is -2.16. The van der Waals surface area contributed by atoms with Crippen molar-refractivity contribution in [3.63, 3.8) is 0 Å². The number of anilines is 1. The van der Waals surface area contributed by atoms with Gasteiger partial charge in [0.2, 0.25) is 5.13 Å². The van der Waals surface area contributed by atoms with Crippen LogP contribution < -0.4 is 10.1 Å². The predicted molar refractivity (Wildman–Crippen MR) is 101 cm³/mol. The van der Waals surface area contributed by atoms with Crippen LogP contribution in [-0.4, -0.2) is 35.4 Å². The SMILES string of the molecule is COCCNc1nnc(SCc2ccccc2Oc2cccnc2)s1. The Kier molecular flexibility index (Phi) is 6.61. The van der Waals surface area contributed by atoms with Gasteiger partial charge in [0.15, 0.2) is 4.34 Å². The van der Waals surface area contributed by atoms with Crippen LogP contribution in [0.2, 0.25) is 0 Å². The molecule has 0 radical (unpaired) electrons. The Morgan fingerprint density at radius 2 is 2.08 bits per heavy atom. The lowest BCUT2D eigenvalue weighted by atomic mass is 10.2. The zero-order valence-electron chi connectivity index (χ0n) is 13.7. The fourth-order valence-corrected chi connectivity index (χ4v) is 3.76. The summed E-state index contributed by atoms with van der Waals surface area (Å²) in [5, 5.41) is 12.3. The quantitative estimate of drug-likeness (QED) is 0.447. The Labute approximate surface area is 154 Å². The van der Waals surface area contributed by atoms with Gasteiger partial charge in [0.1, 0.15) is 11.5 Å². The molecule has 0 aliphatic carbocycles. The molecule has 2 aromatic heterocycles. The van der Waals surface area contributed by atoms with Crippen LogP contribution in [0.5, 0.6) is 11.5 Å². The predicted octanol–water partition coefficient (Wildman–Crippen LogP) is 4.08. The van der Waals surface area contributed by atoms with Gasteiger partial charge in [-0.15, -0.1) is 10.2 Å². The van der Waals surface area contributed by atoms with Gasteiger partial charge in [-0.2, -0.15) is 0 Å². The summed E-state index contributed by atoms with van der Waals surface area (Å²) >= 11 is 3.17. The molecule has 0 saturated heterocycles. The van der Waals surface area contributed by atoms with E-state index in [1.54, 1.807) is 31.3 Å². The molecule has 0 unspecified atom stereocenters. The van der Waals surface area contributed by atoms with Crippen molar-refractivity contribution < 1.29 is 9.47 Å². The molecule has 1 N–H and O–H groups in total. The number of para-hydroxylation sites is 1. The monoisotopic (exact) mass is 374 g/mol. The summed E-state index contributed by atoms with van der Waals surface area (Å²) in [6.45, 7) is 1.36. The van der Waals surface area contributed by atoms with Crippen molar-refractivity contribution in [2.24, 2.45) is 0 Å². The molecule has 6 nitrogen and oxygen atoms in total. The van der Waals surface area contributed by atoms with E-state index in [1.165, 1.54) is 11.3 Å². The highest BCUT2D eigenvalue weighted by molar-refractivity contribution is 8.00. The molecule has 8 heteroatoms. The number of benzene rings is 1. The number of methoxy groups -OCH3 is 1. The van der Waals surface area contributed by atoms with E-state index >= 15 is 0 Å². The summed E-state index contributed by atoms with van der Waals surface area (Å²) in [4.78, 5) is 4.07. The molecule has 2 heterocycles. The molecule has 0 aliphatic heterocycles. The van der Waals surface area contributed by atoms with E-state index in [4.69, 9.17) is 9.47 Å². The summed E-state index contributed by atoms with van der Waals surface area (Å²) < 4.78 is 11.9.